The van der Waals surface area contributed by atoms with Gasteiger partial charge in [-0.15, -0.1) is 0 Å². The normalized spacial score (nSPS) is 10.5. The SMILES string of the molecule is CCC(=O)[Se]c1ccc(-c2ccc([Se]C(=O)CC)cc2)cc1. The van der Waals surface area contributed by atoms with E-state index in [-0.39, 0.29) is 29.9 Å². The molecule has 2 nitrogen and oxygen atoms in total. The number of hydrogen-bond acceptors (Lipinski definition) is 2. The van der Waals surface area contributed by atoms with E-state index in [1.807, 2.05) is 38.1 Å². The fourth-order valence-corrected chi connectivity index (χ4v) is 4.69. The summed E-state index contributed by atoms with van der Waals surface area (Å²) in [5.41, 5.74) is 2.29. The van der Waals surface area contributed by atoms with Crippen LogP contribution in [0.1, 0.15) is 26.7 Å². The minimum atomic E-state index is -0.0693. The molecule has 0 aliphatic heterocycles. The van der Waals surface area contributed by atoms with Crippen LogP contribution in [0.2, 0.25) is 0 Å². The van der Waals surface area contributed by atoms with Gasteiger partial charge in [-0.05, 0) is 0 Å². The molecule has 114 valence electrons. The molecule has 0 N–H and O–H groups in total. The van der Waals surface area contributed by atoms with E-state index in [1.54, 1.807) is 0 Å². The topological polar surface area (TPSA) is 34.1 Å². The van der Waals surface area contributed by atoms with Crippen molar-refractivity contribution in [3.63, 3.8) is 0 Å². The van der Waals surface area contributed by atoms with Gasteiger partial charge < -0.3 is 0 Å². The Labute approximate surface area is 144 Å². The van der Waals surface area contributed by atoms with Crippen LogP contribution >= 0.6 is 0 Å². The van der Waals surface area contributed by atoms with E-state index in [9.17, 15) is 9.59 Å². The minimum absolute atomic E-state index is 0.0693. The first-order chi connectivity index (χ1) is 10.6. The van der Waals surface area contributed by atoms with Crippen LogP contribution in [0.5, 0.6) is 0 Å². The third-order valence-electron chi connectivity index (χ3n) is 3.08. The summed E-state index contributed by atoms with van der Waals surface area (Å²) in [4.78, 5) is 23.0. The summed E-state index contributed by atoms with van der Waals surface area (Å²) in [7, 11) is 0. The van der Waals surface area contributed by atoms with E-state index in [1.165, 1.54) is 0 Å². The fraction of sp³-hybridized carbons (Fsp3) is 0.222. The van der Waals surface area contributed by atoms with E-state index in [0.717, 1.165) is 20.1 Å². The summed E-state index contributed by atoms with van der Waals surface area (Å²) in [6, 6.07) is 16.4. The van der Waals surface area contributed by atoms with Gasteiger partial charge in [-0.25, -0.2) is 0 Å². The molecule has 0 saturated carbocycles. The van der Waals surface area contributed by atoms with Gasteiger partial charge in [-0.3, -0.25) is 0 Å². The Bertz CT molecular complexity index is 586. The van der Waals surface area contributed by atoms with Crippen LogP contribution < -0.4 is 8.92 Å². The summed E-state index contributed by atoms with van der Waals surface area (Å²) < 4.78 is 2.90. The van der Waals surface area contributed by atoms with Crippen LogP contribution in [-0.2, 0) is 9.59 Å². The van der Waals surface area contributed by atoms with Gasteiger partial charge in [-0.2, -0.15) is 0 Å². The summed E-state index contributed by atoms with van der Waals surface area (Å²) >= 11 is -0.139. The zero-order chi connectivity index (χ0) is 15.9. The first-order valence-corrected chi connectivity index (χ1v) is 10.7. The van der Waals surface area contributed by atoms with E-state index in [4.69, 9.17) is 0 Å². The Kier molecular flexibility index (Phi) is 6.60. The summed E-state index contributed by atoms with van der Waals surface area (Å²) in [5.74, 6) is 0. The van der Waals surface area contributed by atoms with Crippen molar-refractivity contribution in [3.8, 4) is 11.1 Å². The number of carbonyl (C=O) groups is 2. The second-order valence-electron chi connectivity index (χ2n) is 4.70. The molecule has 22 heavy (non-hydrogen) atoms. The van der Waals surface area contributed by atoms with Gasteiger partial charge in [0.25, 0.3) is 0 Å². The van der Waals surface area contributed by atoms with E-state index >= 15 is 0 Å². The molecule has 0 aliphatic rings. The second kappa shape index (κ2) is 8.45. The molecule has 0 unspecified atom stereocenters. The summed E-state index contributed by atoms with van der Waals surface area (Å²) in [5, 5.41) is 0. The number of rotatable bonds is 7. The molecular formula is C18H18O2Se2. The van der Waals surface area contributed by atoms with Crippen molar-refractivity contribution in [2.45, 2.75) is 26.7 Å². The quantitative estimate of drug-likeness (QED) is 0.637. The Morgan fingerprint density at radius 1 is 0.682 bits per heavy atom. The third kappa shape index (κ3) is 4.93. The molecule has 0 fully saturated rings. The van der Waals surface area contributed by atoms with Crippen molar-refractivity contribution in [2.75, 3.05) is 0 Å². The molecular weight excluding hydrogens is 406 g/mol. The van der Waals surface area contributed by atoms with Crippen LogP contribution in [0.25, 0.3) is 11.1 Å². The second-order valence-corrected chi connectivity index (χ2v) is 9.45. The molecule has 4 heteroatoms. The molecule has 0 heterocycles. The number of benzene rings is 2. The Hall–Kier alpha value is -1.18. The molecule has 0 radical (unpaired) electrons. The molecule has 0 aliphatic carbocycles. The molecule has 0 spiro atoms. The molecule has 2 rings (SSSR count). The predicted molar refractivity (Wildman–Crippen MR) is 93.3 cm³/mol. The molecule has 0 amide bonds. The predicted octanol–water partition coefficient (Wildman–Crippen LogP) is 1.89. The van der Waals surface area contributed by atoms with E-state index in [0.29, 0.717) is 22.2 Å². The van der Waals surface area contributed by atoms with Crippen molar-refractivity contribution in [2.24, 2.45) is 0 Å². The average molecular weight is 424 g/mol. The van der Waals surface area contributed by atoms with Crippen molar-refractivity contribution < 1.29 is 9.59 Å². The number of hydrogen-bond donors (Lipinski definition) is 0. The van der Waals surface area contributed by atoms with Crippen molar-refractivity contribution in [1.82, 2.24) is 0 Å². The zero-order valence-electron chi connectivity index (χ0n) is 12.7. The van der Waals surface area contributed by atoms with Crippen LogP contribution in [0, 0.1) is 0 Å². The summed E-state index contributed by atoms with van der Waals surface area (Å²) in [6.45, 7) is 3.82. The van der Waals surface area contributed by atoms with Crippen LogP contribution in [0.4, 0.5) is 0 Å². The van der Waals surface area contributed by atoms with Gasteiger partial charge in [-0.1, -0.05) is 0 Å². The third-order valence-corrected chi connectivity index (χ3v) is 7.38. The standard InChI is InChI=1S/C18H18O2Se2/c1-3-17(19)21-15-9-5-13(6-10-15)14-7-11-16(12-8-14)22-18(20)4-2/h5-12H,3-4H2,1-2H3. The van der Waals surface area contributed by atoms with E-state index in [2.05, 4.69) is 24.3 Å². The first-order valence-electron chi connectivity index (χ1n) is 7.24. The average Bonchev–Trinajstić information content (AvgIpc) is 2.56. The molecule has 2 aromatic carbocycles. The van der Waals surface area contributed by atoms with Crippen LogP contribution in [0.3, 0.4) is 0 Å². The fourth-order valence-electron chi connectivity index (χ4n) is 1.84. The number of carbonyl (C=O) groups excluding carboxylic acids is 2. The maximum absolute atomic E-state index is 11.5. The van der Waals surface area contributed by atoms with Gasteiger partial charge in [0.15, 0.2) is 0 Å². The van der Waals surface area contributed by atoms with Crippen molar-refractivity contribution >= 4 is 48.2 Å². The molecule has 0 aromatic heterocycles. The monoisotopic (exact) mass is 426 g/mol. The Morgan fingerprint density at radius 2 is 1.00 bits per heavy atom. The van der Waals surface area contributed by atoms with E-state index < -0.39 is 0 Å². The van der Waals surface area contributed by atoms with Crippen LogP contribution in [-0.4, -0.2) is 39.3 Å². The van der Waals surface area contributed by atoms with Gasteiger partial charge in [0, 0.05) is 0 Å². The van der Waals surface area contributed by atoms with Crippen molar-refractivity contribution in [1.29, 1.82) is 0 Å². The maximum atomic E-state index is 11.5. The molecule has 0 atom stereocenters. The van der Waals surface area contributed by atoms with Gasteiger partial charge in [0.05, 0.1) is 0 Å². The first kappa shape index (κ1) is 17.2. The molecule has 0 saturated heterocycles. The van der Waals surface area contributed by atoms with Gasteiger partial charge in [0.1, 0.15) is 0 Å². The molecule has 2 aromatic rings. The van der Waals surface area contributed by atoms with Gasteiger partial charge in [0.2, 0.25) is 0 Å². The zero-order valence-corrected chi connectivity index (χ0v) is 16.1. The van der Waals surface area contributed by atoms with Crippen molar-refractivity contribution in [3.05, 3.63) is 48.5 Å². The van der Waals surface area contributed by atoms with Crippen LogP contribution in [0.15, 0.2) is 48.5 Å². The summed E-state index contributed by atoms with van der Waals surface area (Å²) in [6.07, 6.45) is 1.23. The Morgan fingerprint density at radius 3 is 1.27 bits per heavy atom. The van der Waals surface area contributed by atoms with Gasteiger partial charge >= 0.3 is 144 Å². The molecule has 0 bridgehead atoms. The Balaban J connectivity index is 2.08.